The molecule has 0 aliphatic rings. The highest BCUT2D eigenvalue weighted by molar-refractivity contribution is 7.21. The lowest BCUT2D eigenvalue weighted by Gasteiger charge is -2.08. The number of nitrogens with one attached hydrogen (secondary N) is 1. The van der Waals surface area contributed by atoms with E-state index in [4.69, 9.17) is 11.6 Å². The molecule has 1 heterocycles. The lowest BCUT2D eigenvalue weighted by molar-refractivity contribution is -0.384. The van der Waals surface area contributed by atoms with Crippen molar-refractivity contribution in [2.24, 2.45) is 0 Å². The molecule has 3 aromatic carbocycles. The van der Waals surface area contributed by atoms with Crippen LogP contribution in [0.5, 0.6) is 0 Å². The number of hydrogen-bond acceptors (Lipinski definition) is 5. The fourth-order valence-corrected chi connectivity index (χ4v) is 4.05. The Labute approximate surface area is 180 Å². The summed E-state index contributed by atoms with van der Waals surface area (Å²) in [5.74, 6) is -0.369. The maximum Gasteiger partial charge on any atom is 0.270 e. The Morgan fingerprint density at radius 3 is 2.73 bits per heavy atom. The number of thiazole rings is 1. The number of non-ortho nitro benzene ring substituents is 1. The monoisotopic (exact) mass is 435 g/mol. The van der Waals surface area contributed by atoms with Crippen LogP contribution in [0.1, 0.15) is 5.56 Å². The average Bonchev–Trinajstić information content (AvgIpc) is 3.18. The first-order chi connectivity index (χ1) is 14.5. The molecule has 0 saturated carbocycles. The van der Waals surface area contributed by atoms with Crippen molar-refractivity contribution in [2.45, 2.75) is 0 Å². The van der Waals surface area contributed by atoms with Crippen molar-refractivity contribution in [2.75, 3.05) is 5.32 Å². The van der Waals surface area contributed by atoms with Crippen LogP contribution in [0.25, 0.3) is 26.9 Å². The molecule has 0 aliphatic carbocycles. The maximum absolute atomic E-state index is 12.5. The van der Waals surface area contributed by atoms with Crippen molar-refractivity contribution < 1.29 is 9.72 Å². The maximum atomic E-state index is 12.5. The number of nitro groups is 1. The third kappa shape index (κ3) is 4.37. The van der Waals surface area contributed by atoms with Crippen LogP contribution in [0.15, 0.2) is 72.8 Å². The quantitative estimate of drug-likeness (QED) is 0.230. The van der Waals surface area contributed by atoms with E-state index >= 15 is 0 Å². The number of anilines is 1. The van der Waals surface area contributed by atoms with Crippen LogP contribution < -0.4 is 5.32 Å². The normalized spacial score (nSPS) is 11.1. The molecule has 0 radical (unpaired) electrons. The summed E-state index contributed by atoms with van der Waals surface area (Å²) in [5.41, 5.74) is 2.70. The molecular weight excluding hydrogens is 422 g/mol. The molecule has 4 rings (SSSR count). The molecule has 8 heteroatoms. The van der Waals surface area contributed by atoms with Crippen molar-refractivity contribution in [3.8, 4) is 10.6 Å². The average molecular weight is 436 g/mol. The van der Waals surface area contributed by atoms with Gasteiger partial charge >= 0.3 is 0 Å². The summed E-state index contributed by atoms with van der Waals surface area (Å²) in [6, 6.07) is 19.0. The van der Waals surface area contributed by atoms with E-state index in [9.17, 15) is 14.9 Å². The number of rotatable bonds is 5. The Balaban J connectivity index is 1.59. The van der Waals surface area contributed by atoms with E-state index in [0.29, 0.717) is 16.3 Å². The van der Waals surface area contributed by atoms with Crippen molar-refractivity contribution in [1.82, 2.24) is 4.98 Å². The zero-order valence-corrected chi connectivity index (χ0v) is 17.0. The third-order valence-electron chi connectivity index (χ3n) is 4.27. The summed E-state index contributed by atoms with van der Waals surface area (Å²) in [6.45, 7) is 0. The van der Waals surface area contributed by atoms with Crippen LogP contribution in [0.4, 0.5) is 11.4 Å². The smallest absolute Gasteiger partial charge is 0.270 e. The summed E-state index contributed by atoms with van der Waals surface area (Å²) in [5, 5.41) is 15.0. The molecule has 0 aliphatic heterocycles. The van der Waals surface area contributed by atoms with Crippen LogP contribution in [0.3, 0.4) is 0 Å². The van der Waals surface area contributed by atoms with Crippen LogP contribution in [-0.2, 0) is 4.79 Å². The van der Waals surface area contributed by atoms with Gasteiger partial charge < -0.3 is 5.32 Å². The van der Waals surface area contributed by atoms with E-state index in [2.05, 4.69) is 10.3 Å². The van der Waals surface area contributed by atoms with E-state index in [-0.39, 0.29) is 11.6 Å². The largest absolute Gasteiger partial charge is 0.322 e. The molecule has 6 nitrogen and oxygen atoms in total. The lowest BCUT2D eigenvalue weighted by atomic mass is 10.1. The number of para-hydroxylation sites is 1. The second-order valence-electron chi connectivity index (χ2n) is 6.35. The molecule has 0 unspecified atom stereocenters. The van der Waals surface area contributed by atoms with Crippen LogP contribution in [0.2, 0.25) is 5.02 Å². The van der Waals surface area contributed by atoms with Gasteiger partial charge in [0.1, 0.15) is 5.01 Å². The van der Waals surface area contributed by atoms with Crippen molar-refractivity contribution in [1.29, 1.82) is 0 Å². The number of nitrogens with zero attached hydrogens (tertiary/aromatic N) is 2. The number of hydrogen-bond donors (Lipinski definition) is 1. The number of amides is 1. The molecule has 0 bridgehead atoms. The first kappa shape index (κ1) is 19.8. The standard InChI is InChI=1S/C22H14ClN3O3S/c23-15-9-10-18(17(13-15)22-25-19-6-1-2-7-20(19)30-22)24-21(27)11-8-14-4-3-5-16(12-14)26(28)29/h1-13H,(H,24,27)/b11-8+. The van der Waals surface area contributed by atoms with Gasteiger partial charge in [0.05, 0.1) is 20.8 Å². The van der Waals surface area contributed by atoms with E-state index in [1.54, 1.807) is 30.3 Å². The Kier molecular flexibility index (Phi) is 5.56. The molecular formula is C22H14ClN3O3S. The van der Waals surface area contributed by atoms with Gasteiger partial charge in [-0.15, -0.1) is 11.3 Å². The highest BCUT2D eigenvalue weighted by Gasteiger charge is 2.13. The highest BCUT2D eigenvalue weighted by atomic mass is 35.5. The van der Waals surface area contributed by atoms with E-state index in [1.165, 1.54) is 35.6 Å². The Hall–Kier alpha value is -3.55. The number of carbonyl (C=O) groups excluding carboxylic acids is 1. The SMILES string of the molecule is O=C(/C=C/c1cccc([N+](=O)[O-])c1)Nc1ccc(Cl)cc1-c1nc2ccccc2s1. The second-order valence-corrected chi connectivity index (χ2v) is 7.82. The van der Waals surface area contributed by atoms with E-state index < -0.39 is 4.92 Å². The number of halogens is 1. The minimum atomic E-state index is -0.477. The molecule has 0 fully saturated rings. The Morgan fingerprint density at radius 2 is 1.93 bits per heavy atom. The second kappa shape index (κ2) is 8.44. The van der Waals surface area contributed by atoms with Gasteiger partial charge in [-0.3, -0.25) is 14.9 Å². The Morgan fingerprint density at radius 1 is 1.10 bits per heavy atom. The molecule has 1 N–H and O–H groups in total. The summed E-state index contributed by atoms with van der Waals surface area (Å²) in [6.07, 6.45) is 2.85. The predicted molar refractivity (Wildman–Crippen MR) is 121 cm³/mol. The highest BCUT2D eigenvalue weighted by Crippen LogP contribution is 2.36. The number of aromatic nitrogens is 1. The molecule has 4 aromatic rings. The summed E-state index contributed by atoms with van der Waals surface area (Å²) >= 11 is 7.69. The molecule has 0 atom stereocenters. The van der Waals surface area contributed by atoms with Gasteiger partial charge in [-0.1, -0.05) is 35.9 Å². The zero-order valence-electron chi connectivity index (χ0n) is 15.4. The van der Waals surface area contributed by atoms with Crippen LogP contribution in [0, 0.1) is 10.1 Å². The molecule has 0 spiro atoms. The van der Waals surface area contributed by atoms with Gasteiger partial charge in [0.15, 0.2) is 0 Å². The fraction of sp³-hybridized carbons (Fsp3) is 0. The molecule has 0 saturated heterocycles. The van der Waals surface area contributed by atoms with Gasteiger partial charge in [-0.2, -0.15) is 0 Å². The number of carbonyl (C=O) groups is 1. The van der Waals surface area contributed by atoms with E-state index in [1.807, 2.05) is 24.3 Å². The molecule has 1 aromatic heterocycles. The van der Waals surface area contributed by atoms with Gasteiger partial charge in [0, 0.05) is 28.8 Å². The predicted octanol–water partition coefficient (Wildman–Crippen LogP) is 6.18. The fourth-order valence-electron chi connectivity index (χ4n) is 2.88. The first-order valence-corrected chi connectivity index (χ1v) is 10.1. The van der Waals surface area contributed by atoms with Crippen molar-refractivity contribution in [3.05, 3.63) is 93.5 Å². The van der Waals surface area contributed by atoms with Crippen LogP contribution >= 0.6 is 22.9 Å². The topological polar surface area (TPSA) is 85.1 Å². The van der Waals surface area contributed by atoms with Gasteiger partial charge in [-0.05, 0) is 42.0 Å². The minimum Gasteiger partial charge on any atom is -0.322 e. The lowest BCUT2D eigenvalue weighted by Crippen LogP contribution is -2.08. The summed E-state index contributed by atoms with van der Waals surface area (Å²) in [4.78, 5) is 27.5. The molecule has 30 heavy (non-hydrogen) atoms. The minimum absolute atomic E-state index is 0.0339. The molecule has 148 valence electrons. The zero-order chi connectivity index (χ0) is 21.1. The first-order valence-electron chi connectivity index (χ1n) is 8.88. The number of benzene rings is 3. The van der Waals surface area contributed by atoms with E-state index in [0.717, 1.165) is 20.8 Å². The Bertz CT molecular complexity index is 1270. The summed E-state index contributed by atoms with van der Waals surface area (Å²) in [7, 11) is 0. The van der Waals surface area contributed by atoms with Gasteiger partial charge in [0.2, 0.25) is 5.91 Å². The third-order valence-corrected chi connectivity index (χ3v) is 5.58. The number of nitro benzene ring substituents is 1. The molecule has 1 amide bonds. The van der Waals surface area contributed by atoms with Gasteiger partial charge in [-0.25, -0.2) is 4.98 Å². The number of fused-ring (bicyclic) bond motifs is 1. The van der Waals surface area contributed by atoms with Gasteiger partial charge in [0.25, 0.3) is 5.69 Å². The van der Waals surface area contributed by atoms with Crippen molar-refractivity contribution in [3.63, 3.8) is 0 Å². The summed E-state index contributed by atoms with van der Waals surface area (Å²) < 4.78 is 1.04. The van der Waals surface area contributed by atoms with Crippen LogP contribution in [-0.4, -0.2) is 15.8 Å². The van der Waals surface area contributed by atoms with Crippen molar-refractivity contribution >= 4 is 56.5 Å².